The number of nitrogens with zero attached hydrogens (tertiary/aromatic N) is 2. The molecule has 0 aromatic heterocycles. The van der Waals surface area contributed by atoms with E-state index in [0.29, 0.717) is 12.6 Å². The van der Waals surface area contributed by atoms with Gasteiger partial charge in [0.15, 0.2) is 0 Å². The number of rotatable bonds is 1. The van der Waals surface area contributed by atoms with Gasteiger partial charge in [0, 0.05) is 12.6 Å². The number of hydrogen-bond donors (Lipinski definition) is 1. The van der Waals surface area contributed by atoms with Gasteiger partial charge in [0.25, 0.3) is 0 Å². The lowest BCUT2D eigenvalue weighted by atomic mass is 10.0. The zero-order valence-electron chi connectivity index (χ0n) is 6.82. The van der Waals surface area contributed by atoms with Crippen LogP contribution in [0.4, 0.5) is 0 Å². The van der Waals surface area contributed by atoms with Crippen molar-refractivity contribution in [3.8, 4) is 6.07 Å². The largest absolute Gasteiger partial charge is 0.393 e. The van der Waals surface area contributed by atoms with E-state index < -0.39 is 0 Å². The number of likely N-dealkylation sites (tertiary alicyclic amines) is 1. The fraction of sp³-hybridized carbons (Fsp3) is 0.875. The summed E-state index contributed by atoms with van der Waals surface area (Å²) in [5.41, 5.74) is 0. The molecule has 0 amide bonds. The number of nitriles is 1. The summed E-state index contributed by atoms with van der Waals surface area (Å²) in [4.78, 5) is 2.10. The molecule has 11 heavy (non-hydrogen) atoms. The van der Waals surface area contributed by atoms with Gasteiger partial charge in [-0.15, -0.1) is 0 Å². The molecule has 1 saturated heterocycles. The molecule has 2 unspecified atom stereocenters. The highest BCUT2D eigenvalue weighted by Crippen LogP contribution is 2.15. The summed E-state index contributed by atoms with van der Waals surface area (Å²) in [6.45, 7) is 3.41. The van der Waals surface area contributed by atoms with Crippen LogP contribution in [-0.4, -0.2) is 35.2 Å². The second kappa shape index (κ2) is 3.70. The summed E-state index contributed by atoms with van der Waals surface area (Å²) in [6.07, 6.45) is 1.47. The van der Waals surface area contributed by atoms with Gasteiger partial charge in [-0.1, -0.05) is 0 Å². The Morgan fingerprint density at radius 2 is 2.45 bits per heavy atom. The second-order valence-corrected chi connectivity index (χ2v) is 3.16. The van der Waals surface area contributed by atoms with E-state index >= 15 is 0 Å². The Balaban J connectivity index is 2.39. The Morgan fingerprint density at radius 3 is 3.00 bits per heavy atom. The van der Waals surface area contributed by atoms with E-state index in [1.54, 1.807) is 0 Å². The fourth-order valence-corrected chi connectivity index (χ4v) is 1.52. The Bertz CT molecular complexity index is 164. The number of piperidine rings is 1. The molecule has 62 valence electrons. The van der Waals surface area contributed by atoms with Gasteiger partial charge in [0.1, 0.15) is 0 Å². The van der Waals surface area contributed by atoms with Crippen molar-refractivity contribution < 1.29 is 5.11 Å². The Morgan fingerprint density at radius 1 is 1.73 bits per heavy atom. The van der Waals surface area contributed by atoms with Crippen molar-refractivity contribution in [2.24, 2.45) is 0 Å². The molecule has 0 bridgehead atoms. The molecule has 0 aliphatic carbocycles. The van der Waals surface area contributed by atoms with E-state index in [2.05, 4.69) is 17.9 Å². The predicted octanol–water partition coefficient (Wildman–Crippen LogP) is 0.355. The number of hydrogen-bond acceptors (Lipinski definition) is 3. The van der Waals surface area contributed by atoms with E-state index in [4.69, 9.17) is 5.26 Å². The second-order valence-electron chi connectivity index (χ2n) is 3.16. The van der Waals surface area contributed by atoms with Gasteiger partial charge in [0.2, 0.25) is 0 Å². The van der Waals surface area contributed by atoms with Crippen LogP contribution in [0.5, 0.6) is 0 Å². The average Bonchev–Trinajstić information content (AvgIpc) is 1.95. The SMILES string of the molecule is CC1CC(O)CCN1CC#N. The van der Waals surface area contributed by atoms with Crippen LogP contribution in [0.1, 0.15) is 19.8 Å². The molecule has 1 heterocycles. The maximum atomic E-state index is 9.26. The molecule has 1 fully saturated rings. The zero-order chi connectivity index (χ0) is 8.27. The minimum absolute atomic E-state index is 0.153. The van der Waals surface area contributed by atoms with Crippen molar-refractivity contribution in [1.29, 1.82) is 5.26 Å². The molecule has 3 heteroatoms. The molecule has 0 spiro atoms. The number of aliphatic hydroxyl groups excluding tert-OH is 1. The Hall–Kier alpha value is -0.590. The molecule has 0 radical (unpaired) electrons. The average molecular weight is 154 g/mol. The molecule has 1 N–H and O–H groups in total. The van der Waals surface area contributed by atoms with Crippen LogP contribution in [0, 0.1) is 11.3 Å². The fourth-order valence-electron chi connectivity index (χ4n) is 1.52. The van der Waals surface area contributed by atoms with Gasteiger partial charge in [-0.2, -0.15) is 5.26 Å². The highest BCUT2D eigenvalue weighted by atomic mass is 16.3. The van der Waals surface area contributed by atoms with Crippen molar-refractivity contribution in [3.63, 3.8) is 0 Å². The van der Waals surface area contributed by atoms with E-state index in [-0.39, 0.29) is 6.10 Å². The van der Waals surface area contributed by atoms with Crippen molar-refractivity contribution in [2.45, 2.75) is 31.9 Å². The van der Waals surface area contributed by atoms with E-state index in [1.165, 1.54) is 0 Å². The summed E-state index contributed by atoms with van der Waals surface area (Å²) < 4.78 is 0. The normalized spacial score (nSPS) is 33.2. The van der Waals surface area contributed by atoms with Crippen LogP contribution >= 0.6 is 0 Å². The van der Waals surface area contributed by atoms with Crippen LogP contribution in [0.25, 0.3) is 0 Å². The first kappa shape index (κ1) is 8.51. The van der Waals surface area contributed by atoms with Gasteiger partial charge in [-0.25, -0.2) is 0 Å². The minimum atomic E-state index is -0.153. The maximum Gasteiger partial charge on any atom is 0.0868 e. The van der Waals surface area contributed by atoms with Crippen molar-refractivity contribution in [1.82, 2.24) is 4.90 Å². The third-order valence-electron chi connectivity index (χ3n) is 2.26. The van der Waals surface area contributed by atoms with Gasteiger partial charge in [0.05, 0.1) is 18.7 Å². The standard InChI is InChI=1S/C8H14N2O/c1-7-6-8(11)2-4-10(7)5-3-9/h7-8,11H,2,4-6H2,1H3. The lowest BCUT2D eigenvalue weighted by Gasteiger charge is -2.33. The molecule has 1 aliphatic heterocycles. The molecule has 2 atom stereocenters. The highest BCUT2D eigenvalue weighted by Gasteiger charge is 2.22. The first-order valence-electron chi connectivity index (χ1n) is 4.03. The third kappa shape index (κ3) is 2.18. The summed E-state index contributed by atoms with van der Waals surface area (Å²) in [6, 6.07) is 2.49. The topological polar surface area (TPSA) is 47.3 Å². The summed E-state index contributed by atoms with van der Waals surface area (Å²) >= 11 is 0. The van der Waals surface area contributed by atoms with Crippen LogP contribution in [-0.2, 0) is 0 Å². The maximum absolute atomic E-state index is 9.26. The van der Waals surface area contributed by atoms with Crippen LogP contribution < -0.4 is 0 Å². The van der Waals surface area contributed by atoms with Crippen LogP contribution in [0.2, 0.25) is 0 Å². The van der Waals surface area contributed by atoms with E-state index in [0.717, 1.165) is 19.4 Å². The summed E-state index contributed by atoms with van der Waals surface area (Å²) in [5.74, 6) is 0. The van der Waals surface area contributed by atoms with Gasteiger partial charge in [-0.05, 0) is 19.8 Å². The zero-order valence-corrected chi connectivity index (χ0v) is 6.82. The van der Waals surface area contributed by atoms with E-state index in [1.807, 2.05) is 0 Å². The highest BCUT2D eigenvalue weighted by molar-refractivity contribution is 4.84. The lowest BCUT2D eigenvalue weighted by Crippen LogP contribution is -2.42. The van der Waals surface area contributed by atoms with Gasteiger partial charge < -0.3 is 5.11 Å². The molecular weight excluding hydrogens is 140 g/mol. The monoisotopic (exact) mass is 154 g/mol. The minimum Gasteiger partial charge on any atom is -0.393 e. The molecule has 1 rings (SSSR count). The van der Waals surface area contributed by atoms with E-state index in [9.17, 15) is 5.11 Å². The molecule has 0 aromatic rings. The molecular formula is C8H14N2O. The number of aliphatic hydroxyl groups is 1. The van der Waals surface area contributed by atoms with Gasteiger partial charge in [-0.3, -0.25) is 4.90 Å². The molecule has 0 saturated carbocycles. The summed E-state index contributed by atoms with van der Waals surface area (Å²) in [5, 5.41) is 17.7. The van der Waals surface area contributed by atoms with Gasteiger partial charge >= 0.3 is 0 Å². The Kier molecular flexibility index (Phi) is 2.86. The van der Waals surface area contributed by atoms with Crippen molar-refractivity contribution in [2.75, 3.05) is 13.1 Å². The molecule has 3 nitrogen and oxygen atoms in total. The third-order valence-corrected chi connectivity index (χ3v) is 2.26. The quantitative estimate of drug-likeness (QED) is 0.554. The first-order chi connectivity index (χ1) is 5.24. The summed E-state index contributed by atoms with van der Waals surface area (Å²) in [7, 11) is 0. The first-order valence-corrected chi connectivity index (χ1v) is 4.03. The lowest BCUT2D eigenvalue weighted by molar-refractivity contribution is 0.0555. The van der Waals surface area contributed by atoms with Crippen molar-refractivity contribution >= 4 is 0 Å². The molecule has 1 aliphatic rings. The van der Waals surface area contributed by atoms with Crippen molar-refractivity contribution in [3.05, 3.63) is 0 Å². The van der Waals surface area contributed by atoms with Crippen LogP contribution in [0.15, 0.2) is 0 Å². The molecule has 0 aromatic carbocycles. The predicted molar refractivity (Wildman–Crippen MR) is 41.9 cm³/mol. The smallest absolute Gasteiger partial charge is 0.0868 e. The Labute approximate surface area is 67.2 Å². The van der Waals surface area contributed by atoms with Crippen LogP contribution in [0.3, 0.4) is 0 Å².